The molecule has 1 aromatic carbocycles. The predicted octanol–water partition coefficient (Wildman–Crippen LogP) is 5.63. The molecular formula is C16H22F2S. The average Bonchev–Trinajstić information content (AvgIpc) is 2.33. The monoisotopic (exact) mass is 284 g/mol. The Hall–Kier alpha value is -0.830. The Bertz CT molecular complexity index is 453. The molecule has 1 aromatic rings. The number of halogens is 2. The molecule has 0 N–H and O–H groups in total. The van der Waals surface area contributed by atoms with E-state index in [4.69, 9.17) is 0 Å². The summed E-state index contributed by atoms with van der Waals surface area (Å²) >= 11 is 1.74. The van der Waals surface area contributed by atoms with Gasteiger partial charge in [0.2, 0.25) is 0 Å². The van der Waals surface area contributed by atoms with Crippen LogP contribution >= 0.6 is 11.8 Å². The van der Waals surface area contributed by atoms with E-state index in [2.05, 4.69) is 13.5 Å². The number of benzene rings is 1. The first kappa shape index (κ1) is 16.2. The van der Waals surface area contributed by atoms with Crippen molar-refractivity contribution in [3.63, 3.8) is 0 Å². The smallest absolute Gasteiger partial charge is 0.162 e. The summed E-state index contributed by atoms with van der Waals surface area (Å²) in [4.78, 5) is 0. The third-order valence-electron chi connectivity index (χ3n) is 3.18. The molecule has 0 amide bonds. The first-order valence-corrected chi connectivity index (χ1v) is 7.72. The standard InChI is InChI=1S/C16H22F2S/c1-6-8-12-13(11(5)19-7-2)9-14(17)16(18)15(12)10(3)4/h6,9-11H,1,7-8H2,2-5H3. The largest absolute Gasteiger partial charge is 0.204 e. The summed E-state index contributed by atoms with van der Waals surface area (Å²) in [5.41, 5.74) is 2.30. The van der Waals surface area contributed by atoms with Crippen molar-refractivity contribution in [1.29, 1.82) is 0 Å². The second-order valence-electron chi connectivity index (χ2n) is 4.90. The van der Waals surface area contributed by atoms with Crippen molar-refractivity contribution in [1.82, 2.24) is 0 Å². The van der Waals surface area contributed by atoms with Gasteiger partial charge in [0.1, 0.15) is 0 Å². The van der Waals surface area contributed by atoms with Crippen molar-refractivity contribution < 1.29 is 8.78 Å². The summed E-state index contributed by atoms with van der Waals surface area (Å²) in [6.07, 6.45) is 2.33. The predicted molar refractivity (Wildman–Crippen MR) is 80.9 cm³/mol. The van der Waals surface area contributed by atoms with Crippen LogP contribution in [0.5, 0.6) is 0 Å². The Morgan fingerprint density at radius 2 is 1.95 bits per heavy atom. The number of thioether (sulfide) groups is 1. The Morgan fingerprint density at radius 1 is 1.32 bits per heavy atom. The number of hydrogen-bond acceptors (Lipinski definition) is 1. The third kappa shape index (κ3) is 3.59. The molecule has 19 heavy (non-hydrogen) atoms. The molecule has 0 aliphatic carbocycles. The Morgan fingerprint density at radius 3 is 2.42 bits per heavy atom. The van der Waals surface area contributed by atoms with Gasteiger partial charge in [0, 0.05) is 5.25 Å². The van der Waals surface area contributed by atoms with Gasteiger partial charge < -0.3 is 0 Å². The summed E-state index contributed by atoms with van der Waals surface area (Å²) < 4.78 is 27.9. The summed E-state index contributed by atoms with van der Waals surface area (Å²) in [7, 11) is 0. The lowest BCUT2D eigenvalue weighted by Gasteiger charge is -2.21. The highest BCUT2D eigenvalue weighted by atomic mass is 32.2. The molecule has 106 valence electrons. The molecule has 0 saturated heterocycles. The van der Waals surface area contributed by atoms with Gasteiger partial charge in [-0.15, -0.1) is 6.58 Å². The lowest BCUT2D eigenvalue weighted by molar-refractivity contribution is 0.490. The summed E-state index contributed by atoms with van der Waals surface area (Å²) in [6, 6.07) is 1.35. The average molecular weight is 284 g/mol. The van der Waals surface area contributed by atoms with Gasteiger partial charge in [-0.1, -0.05) is 26.8 Å². The normalized spacial score (nSPS) is 12.8. The molecule has 0 saturated carbocycles. The lowest BCUT2D eigenvalue weighted by atomic mass is 9.89. The topological polar surface area (TPSA) is 0 Å². The molecular weight excluding hydrogens is 262 g/mol. The molecule has 0 aliphatic heterocycles. The molecule has 0 aliphatic rings. The van der Waals surface area contributed by atoms with Crippen LogP contribution in [0.3, 0.4) is 0 Å². The highest BCUT2D eigenvalue weighted by Crippen LogP contribution is 2.36. The minimum atomic E-state index is -0.741. The molecule has 3 heteroatoms. The van der Waals surface area contributed by atoms with E-state index in [1.54, 1.807) is 17.8 Å². The zero-order valence-electron chi connectivity index (χ0n) is 12.1. The van der Waals surface area contributed by atoms with Crippen molar-refractivity contribution in [2.75, 3.05) is 5.75 Å². The van der Waals surface area contributed by atoms with Crippen LogP contribution in [0.4, 0.5) is 8.78 Å². The first-order chi connectivity index (χ1) is 8.93. The highest BCUT2D eigenvalue weighted by Gasteiger charge is 2.22. The van der Waals surface area contributed by atoms with Crippen LogP contribution in [0, 0.1) is 11.6 Å². The highest BCUT2D eigenvalue weighted by molar-refractivity contribution is 7.99. The maximum absolute atomic E-state index is 14.0. The van der Waals surface area contributed by atoms with Crippen molar-refractivity contribution in [2.45, 2.75) is 45.3 Å². The maximum atomic E-state index is 14.0. The van der Waals surface area contributed by atoms with Crippen LogP contribution in [0.2, 0.25) is 0 Å². The minimum Gasteiger partial charge on any atom is -0.204 e. The fourth-order valence-corrected chi connectivity index (χ4v) is 3.27. The van der Waals surface area contributed by atoms with Gasteiger partial charge in [-0.05, 0) is 47.8 Å². The van der Waals surface area contributed by atoms with Gasteiger partial charge in [0.25, 0.3) is 0 Å². The molecule has 0 aromatic heterocycles. The van der Waals surface area contributed by atoms with Crippen LogP contribution in [0.25, 0.3) is 0 Å². The van der Waals surface area contributed by atoms with Crippen LogP contribution in [0.15, 0.2) is 18.7 Å². The molecule has 1 atom stereocenters. The molecule has 1 unspecified atom stereocenters. The van der Waals surface area contributed by atoms with Gasteiger partial charge >= 0.3 is 0 Å². The zero-order chi connectivity index (χ0) is 14.6. The second kappa shape index (κ2) is 7.09. The van der Waals surface area contributed by atoms with E-state index in [0.29, 0.717) is 12.0 Å². The van der Waals surface area contributed by atoms with E-state index in [9.17, 15) is 8.78 Å². The van der Waals surface area contributed by atoms with E-state index in [0.717, 1.165) is 16.9 Å². The van der Waals surface area contributed by atoms with Crippen molar-refractivity contribution in [2.24, 2.45) is 0 Å². The number of allylic oxidation sites excluding steroid dienone is 1. The quantitative estimate of drug-likeness (QED) is 0.610. The van der Waals surface area contributed by atoms with Crippen molar-refractivity contribution in [3.8, 4) is 0 Å². The van der Waals surface area contributed by atoms with Gasteiger partial charge in [0.05, 0.1) is 0 Å². The number of hydrogen-bond donors (Lipinski definition) is 0. The summed E-state index contributed by atoms with van der Waals surface area (Å²) in [5.74, 6) is -0.535. The van der Waals surface area contributed by atoms with E-state index in [1.807, 2.05) is 20.8 Å². The van der Waals surface area contributed by atoms with Crippen LogP contribution in [0.1, 0.15) is 55.6 Å². The summed E-state index contributed by atoms with van der Waals surface area (Å²) in [6.45, 7) is 11.6. The first-order valence-electron chi connectivity index (χ1n) is 6.67. The number of rotatable bonds is 6. The van der Waals surface area contributed by atoms with E-state index in [1.165, 1.54) is 6.07 Å². The Balaban J connectivity index is 3.48. The van der Waals surface area contributed by atoms with Crippen molar-refractivity contribution >= 4 is 11.8 Å². The lowest BCUT2D eigenvalue weighted by Crippen LogP contribution is -2.08. The SMILES string of the molecule is C=CCc1c(C(C)SCC)cc(F)c(F)c1C(C)C. The molecule has 1 rings (SSSR count). The van der Waals surface area contributed by atoms with Gasteiger partial charge in [-0.3, -0.25) is 0 Å². The Labute approximate surface area is 119 Å². The van der Waals surface area contributed by atoms with Crippen LogP contribution in [-0.4, -0.2) is 5.75 Å². The fraction of sp³-hybridized carbons (Fsp3) is 0.500. The van der Waals surface area contributed by atoms with Gasteiger partial charge in [-0.25, -0.2) is 8.78 Å². The minimum absolute atomic E-state index is 0.0387. The fourth-order valence-electron chi connectivity index (χ4n) is 2.38. The third-order valence-corrected chi connectivity index (χ3v) is 4.27. The maximum Gasteiger partial charge on any atom is 0.162 e. The molecule has 0 bridgehead atoms. The van der Waals surface area contributed by atoms with E-state index in [-0.39, 0.29) is 11.2 Å². The molecule has 0 nitrogen and oxygen atoms in total. The summed E-state index contributed by atoms with van der Waals surface area (Å²) in [5, 5.41) is 0.160. The van der Waals surface area contributed by atoms with Gasteiger partial charge in [-0.2, -0.15) is 11.8 Å². The van der Waals surface area contributed by atoms with E-state index >= 15 is 0 Å². The molecule has 0 heterocycles. The van der Waals surface area contributed by atoms with Crippen molar-refractivity contribution in [3.05, 3.63) is 47.0 Å². The molecule has 0 spiro atoms. The Kier molecular flexibility index (Phi) is 6.05. The zero-order valence-corrected chi connectivity index (χ0v) is 12.9. The van der Waals surface area contributed by atoms with E-state index < -0.39 is 11.6 Å². The van der Waals surface area contributed by atoms with Crippen LogP contribution in [-0.2, 0) is 6.42 Å². The van der Waals surface area contributed by atoms with Gasteiger partial charge in [0.15, 0.2) is 11.6 Å². The van der Waals surface area contributed by atoms with Crippen LogP contribution < -0.4 is 0 Å². The second-order valence-corrected chi connectivity index (χ2v) is 6.52. The molecule has 0 radical (unpaired) electrons. The molecule has 0 fully saturated rings.